The smallest absolute Gasteiger partial charge is 0.351 e. The fourth-order valence-corrected chi connectivity index (χ4v) is 0.786. The van der Waals surface area contributed by atoms with Gasteiger partial charge in [-0.05, 0) is 0 Å². The van der Waals surface area contributed by atoms with Gasteiger partial charge in [0.2, 0.25) is 5.82 Å². The Labute approximate surface area is 77.5 Å². The van der Waals surface area contributed by atoms with E-state index in [4.69, 9.17) is 5.26 Å². The van der Waals surface area contributed by atoms with E-state index < -0.39 is 12.8 Å². The van der Waals surface area contributed by atoms with Gasteiger partial charge in [0.1, 0.15) is 19.4 Å². The van der Waals surface area contributed by atoms with Crippen molar-refractivity contribution in [1.29, 1.82) is 5.26 Å². The Kier molecular flexibility index (Phi) is 3.09. The summed E-state index contributed by atoms with van der Waals surface area (Å²) in [5.41, 5.74) is 0. The highest BCUT2D eigenvalue weighted by Gasteiger charge is 2.27. The van der Waals surface area contributed by atoms with Crippen LogP contribution in [0, 0.1) is 11.3 Å². The summed E-state index contributed by atoms with van der Waals surface area (Å²) in [6.45, 7) is -1.67. The average Bonchev–Trinajstić information content (AvgIpc) is 2.49. The van der Waals surface area contributed by atoms with E-state index in [2.05, 4.69) is 9.72 Å². The van der Waals surface area contributed by atoms with E-state index >= 15 is 0 Å². The molecule has 7 heteroatoms. The van der Waals surface area contributed by atoms with E-state index in [9.17, 15) is 13.2 Å². The minimum atomic E-state index is -4.35. The van der Waals surface area contributed by atoms with E-state index in [1.165, 1.54) is 17.0 Å². The molecule has 0 aliphatic rings. The maximum absolute atomic E-state index is 11.7. The van der Waals surface area contributed by atoms with Crippen LogP contribution < -0.4 is 0 Å². The number of halogens is 3. The molecule has 76 valence electrons. The summed E-state index contributed by atoms with van der Waals surface area (Å²) < 4.78 is 40.5. The van der Waals surface area contributed by atoms with Crippen LogP contribution in [-0.4, -0.2) is 22.3 Å². The minimum Gasteiger partial charge on any atom is -0.351 e. The highest BCUT2D eigenvalue weighted by Crippen LogP contribution is 2.14. The van der Waals surface area contributed by atoms with Crippen molar-refractivity contribution in [3.8, 4) is 6.07 Å². The third kappa shape index (κ3) is 3.06. The van der Waals surface area contributed by atoms with Crippen molar-refractivity contribution in [2.45, 2.75) is 12.9 Å². The first-order valence-corrected chi connectivity index (χ1v) is 3.58. The van der Waals surface area contributed by atoms with Gasteiger partial charge < -0.3 is 4.74 Å². The van der Waals surface area contributed by atoms with Crippen molar-refractivity contribution in [2.75, 3.05) is 6.61 Å². The van der Waals surface area contributed by atoms with Crippen LogP contribution in [0.4, 0.5) is 13.2 Å². The molecule has 0 aliphatic heterocycles. The zero-order valence-electron chi connectivity index (χ0n) is 6.95. The van der Waals surface area contributed by atoms with Gasteiger partial charge in [-0.3, -0.25) is 4.57 Å². The molecule has 1 heterocycles. The first-order valence-electron chi connectivity index (χ1n) is 3.58. The van der Waals surface area contributed by atoms with E-state index in [1.54, 1.807) is 6.07 Å². The standard InChI is InChI=1S/C7H6F3N3O/c8-7(9,10)4-14-5-13-2-1-12-6(13)3-11/h1-2H,4-5H2. The lowest BCUT2D eigenvalue weighted by atomic mass is 10.7. The first-order chi connectivity index (χ1) is 6.53. The maximum Gasteiger partial charge on any atom is 0.411 e. The molecule has 0 atom stereocenters. The Bertz CT molecular complexity index is 339. The van der Waals surface area contributed by atoms with Crippen molar-refractivity contribution in [1.82, 2.24) is 9.55 Å². The maximum atomic E-state index is 11.7. The zero-order valence-corrected chi connectivity index (χ0v) is 6.95. The molecule has 0 amide bonds. The molecule has 0 saturated heterocycles. The molecule has 1 aromatic rings. The van der Waals surface area contributed by atoms with Gasteiger partial charge >= 0.3 is 6.18 Å². The topological polar surface area (TPSA) is 50.8 Å². The second-order valence-electron chi connectivity index (χ2n) is 2.43. The quantitative estimate of drug-likeness (QED) is 0.747. The number of rotatable bonds is 3. The molecule has 4 nitrogen and oxygen atoms in total. The molecule has 0 unspecified atom stereocenters. The number of hydrogen-bond acceptors (Lipinski definition) is 3. The molecule has 14 heavy (non-hydrogen) atoms. The van der Waals surface area contributed by atoms with Crippen LogP contribution in [-0.2, 0) is 11.5 Å². The highest BCUT2D eigenvalue weighted by molar-refractivity contribution is 5.10. The van der Waals surface area contributed by atoms with Crippen LogP contribution in [0.1, 0.15) is 5.82 Å². The van der Waals surface area contributed by atoms with E-state index in [-0.39, 0.29) is 12.6 Å². The number of nitriles is 1. The number of imidazole rings is 1. The SMILES string of the molecule is N#Cc1nccn1COCC(F)(F)F. The van der Waals surface area contributed by atoms with Gasteiger partial charge in [-0.15, -0.1) is 0 Å². The predicted octanol–water partition coefficient (Wildman–Crippen LogP) is 1.29. The Morgan fingerprint density at radius 2 is 2.29 bits per heavy atom. The average molecular weight is 205 g/mol. The van der Waals surface area contributed by atoms with E-state index in [0.29, 0.717) is 0 Å². The summed E-state index contributed by atoms with van der Waals surface area (Å²) in [5.74, 6) is 0.0205. The van der Waals surface area contributed by atoms with Crippen molar-refractivity contribution < 1.29 is 17.9 Å². The summed E-state index contributed by atoms with van der Waals surface area (Å²) in [6, 6.07) is 1.71. The highest BCUT2D eigenvalue weighted by atomic mass is 19.4. The van der Waals surface area contributed by atoms with Gasteiger partial charge in [-0.2, -0.15) is 18.4 Å². The number of ether oxygens (including phenoxy) is 1. The third-order valence-corrected chi connectivity index (χ3v) is 1.31. The number of alkyl halides is 3. The monoisotopic (exact) mass is 205 g/mol. The normalized spacial score (nSPS) is 11.3. The van der Waals surface area contributed by atoms with Crippen molar-refractivity contribution >= 4 is 0 Å². The van der Waals surface area contributed by atoms with Crippen LogP contribution in [0.3, 0.4) is 0 Å². The van der Waals surface area contributed by atoms with E-state index in [0.717, 1.165) is 0 Å². The molecule has 0 N–H and O–H groups in total. The molecule has 0 saturated carbocycles. The fourth-order valence-electron chi connectivity index (χ4n) is 0.786. The van der Waals surface area contributed by atoms with Gasteiger partial charge in [0.05, 0.1) is 0 Å². The van der Waals surface area contributed by atoms with Crippen LogP contribution in [0.25, 0.3) is 0 Å². The third-order valence-electron chi connectivity index (χ3n) is 1.31. The molecule has 0 bridgehead atoms. The van der Waals surface area contributed by atoms with Gasteiger partial charge in [0, 0.05) is 12.4 Å². The van der Waals surface area contributed by atoms with Crippen molar-refractivity contribution in [2.24, 2.45) is 0 Å². The molecule has 0 spiro atoms. The largest absolute Gasteiger partial charge is 0.411 e. The number of nitrogens with zero attached hydrogens (tertiary/aromatic N) is 3. The summed E-state index contributed by atoms with van der Waals surface area (Å²) in [7, 11) is 0. The molecule has 1 rings (SSSR count). The van der Waals surface area contributed by atoms with Gasteiger partial charge in [-0.1, -0.05) is 0 Å². The van der Waals surface area contributed by atoms with Crippen molar-refractivity contribution in [3.05, 3.63) is 18.2 Å². The second-order valence-corrected chi connectivity index (χ2v) is 2.43. The predicted molar refractivity (Wildman–Crippen MR) is 38.9 cm³/mol. The molecule has 0 fully saturated rings. The van der Waals surface area contributed by atoms with Gasteiger partial charge in [0.25, 0.3) is 0 Å². The molecule has 0 aromatic carbocycles. The van der Waals surface area contributed by atoms with Crippen molar-refractivity contribution in [3.63, 3.8) is 0 Å². The Hall–Kier alpha value is -1.55. The van der Waals surface area contributed by atoms with Gasteiger partial charge in [-0.25, -0.2) is 4.98 Å². The lowest BCUT2D eigenvalue weighted by molar-refractivity contribution is -0.181. The summed E-state index contributed by atoms with van der Waals surface area (Å²) in [6.07, 6.45) is -1.67. The lowest BCUT2D eigenvalue weighted by Crippen LogP contribution is -2.18. The number of aromatic nitrogens is 2. The molecule has 0 aliphatic carbocycles. The number of hydrogen-bond donors (Lipinski definition) is 0. The molecule has 0 radical (unpaired) electrons. The van der Waals surface area contributed by atoms with Crippen LogP contribution >= 0.6 is 0 Å². The Morgan fingerprint density at radius 1 is 1.57 bits per heavy atom. The summed E-state index contributed by atoms with van der Waals surface area (Å²) in [5, 5.41) is 8.46. The Morgan fingerprint density at radius 3 is 2.86 bits per heavy atom. The summed E-state index contributed by atoms with van der Waals surface area (Å²) in [4.78, 5) is 3.59. The fraction of sp³-hybridized carbons (Fsp3) is 0.429. The lowest BCUT2D eigenvalue weighted by Gasteiger charge is -2.08. The summed E-state index contributed by atoms with van der Waals surface area (Å²) >= 11 is 0. The zero-order chi connectivity index (χ0) is 10.6. The van der Waals surface area contributed by atoms with E-state index in [1.807, 2.05) is 0 Å². The Balaban J connectivity index is 2.43. The van der Waals surface area contributed by atoms with Crippen LogP contribution in [0.2, 0.25) is 0 Å². The van der Waals surface area contributed by atoms with Crippen LogP contribution in [0.15, 0.2) is 12.4 Å². The second kappa shape index (κ2) is 4.11. The molecular weight excluding hydrogens is 199 g/mol. The minimum absolute atomic E-state index is 0.0205. The molecule has 1 aromatic heterocycles. The van der Waals surface area contributed by atoms with Gasteiger partial charge in [0.15, 0.2) is 0 Å². The first kappa shape index (κ1) is 10.5. The van der Waals surface area contributed by atoms with Crippen LogP contribution in [0.5, 0.6) is 0 Å². The molecular formula is C7H6F3N3O.